The van der Waals surface area contributed by atoms with E-state index in [0.717, 1.165) is 22.8 Å². The summed E-state index contributed by atoms with van der Waals surface area (Å²) in [5.41, 5.74) is 1.00. The van der Waals surface area contributed by atoms with Crippen molar-refractivity contribution in [3.05, 3.63) is 54.1 Å². The van der Waals surface area contributed by atoms with E-state index >= 15 is 0 Å². The maximum atomic E-state index is 11.7. The van der Waals surface area contributed by atoms with Gasteiger partial charge in [-0.2, -0.15) is 0 Å². The van der Waals surface area contributed by atoms with E-state index in [2.05, 4.69) is 5.32 Å². The van der Waals surface area contributed by atoms with Crippen LogP contribution in [0.25, 0.3) is 0 Å². The van der Waals surface area contributed by atoms with Gasteiger partial charge in [0.25, 0.3) is 5.91 Å². The summed E-state index contributed by atoms with van der Waals surface area (Å²) in [5, 5.41) is 2.76. The number of para-hydroxylation sites is 1. The molecule has 0 heterocycles. The molecular weight excluding hydrogens is 306 g/mol. The van der Waals surface area contributed by atoms with Crippen LogP contribution >= 0.6 is 0 Å². The third-order valence-corrected chi connectivity index (χ3v) is 3.28. The van der Waals surface area contributed by atoms with Crippen molar-refractivity contribution in [2.24, 2.45) is 0 Å². The monoisotopic (exact) mass is 329 g/mol. The number of carbonyl (C=O) groups excluding carboxylic acids is 1. The van der Waals surface area contributed by atoms with Gasteiger partial charge in [0.05, 0.1) is 13.2 Å². The van der Waals surface area contributed by atoms with Gasteiger partial charge in [-0.15, -0.1) is 0 Å². The quantitative estimate of drug-likeness (QED) is 0.719. The van der Waals surface area contributed by atoms with Crippen LogP contribution in [0, 0.1) is 6.92 Å². The zero-order chi connectivity index (χ0) is 17.2. The molecule has 0 bridgehead atoms. The first kappa shape index (κ1) is 17.7. The lowest BCUT2D eigenvalue weighted by molar-refractivity contribution is -0.123. The number of hydrogen-bond donors (Lipinski definition) is 1. The molecule has 1 amide bonds. The SMILES string of the molecule is CCOc1ccc(OCCNC(=O)COc2ccccc2C)cc1. The van der Waals surface area contributed by atoms with Crippen molar-refractivity contribution in [2.75, 3.05) is 26.4 Å². The molecule has 2 rings (SSSR count). The summed E-state index contributed by atoms with van der Waals surface area (Å²) < 4.78 is 16.4. The maximum absolute atomic E-state index is 11.7. The van der Waals surface area contributed by atoms with E-state index in [4.69, 9.17) is 14.2 Å². The van der Waals surface area contributed by atoms with Crippen molar-refractivity contribution < 1.29 is 19.0 Å². The van der Waals surface area contributed by atoms with Gasteiger partial charge in [0.1, 0.15) is 23.9 Å². The van der Waals surface area contributed by atoms with Gasteiger partial charge >= 0.3 is 0 Å². The normalized spacial score (nSPS) is 10.1. The molecule has 0 saturated carbocycles. The minimum absolute atomic E-state index is 0.00604. The van der Waals surface area contributed by atoms with Crippen LogP contribution < -0.4 is 19.5 Å². The Bertz CT molecular complexity index is 640. The molecule has 0 saturated heterocycles. The van der Waals surface area contributed by atoms with Gasteiger partial charge in [0.2, 0.25) is 0 Å². The molecule has 0 aliphatic rings. The fraction of sp³-hybridized carbons (Fsp3) is 0.316. The third-order valence-electron chi connectivity index (χ3n) is 3.28. The summed E-state index contributed by atoms with van der Waals surface area (Å²) >= 11 is 0. The fourth-order valence-corrected chi connectivity index (χ4v) is 2.07. The summed E-state index contributed by atoms with van der Waals surface area (Å²) in [5.74, 6) is 2.10. The number of amides is 1. The van der Waals surface area contributed by atoms with Crippen LogP contribution in [0.5, 0.6) is 17.2 Å². The van der Waals surface area contributed by atoms with E-state index in [1.807, 2.05) is 62.4 Å². The fourth-order valence-electron chi connectivity index (χ4n) is 2.07. The molecule has 0 unspecified atom stereocenters. The number of nitrogens with one attached hydrogen (secondary N) is 1. The average Bonchev–Trinajstić information content (AvgIpc) is 2.60. The van der Waals surface area contributed by atoms with Crippen molar-refractivity contribution in [3.8, 4) is 17.2 Å². The van der Waals surface area contributed by atoms with Crippen molar-refractivity contribution >= 4 is 5.91 Å². The van der Waals surface area contributed by atoms with Gasteiger partial charge in [-0.05, 0) is 49.7 Å². The number of ether oxygens (including phenoxy) is 3. The second-order valence-electron chi connectivity index (χ2n) is 5.16. The lowest BCUT2D eigenvalue weighted by Crippen LogP contribution is -2.32. The summed E-state index contributed by atoms with van der Waals surface area (Å²) in [6.45, 7) is 5.33. The van der Waals surface area contributed by atoms with Crippen LogP contribution in [0.15, 0.2) is 48.5 Å². The Balaban J connectivity index is 1.63. The Morgan fingerprint density at radius 3 is 2.29 bits per heavy atom. The summed E-state index contributed by atoms with van der Waals surface area (Å²) in [4.78, 5) is 11.7. The second kappa shape index (κ2) is 9.45. The summed E-state index contributed by atoms with van der Waals surface area (Å²) in [6.07, 6.45) is 0. The molecule has 0 fully saturated rings. The highest BCUT2D eigenvalue weighted by molar-refractivity contribution is 5.77. The minimum atomic E-state index is -0.173. The van der Waals surface area contributed by atoms with E-state index in [0.29, 0.717) is 19.8 Å². The van der Waals surface area contributed by atoms with Gasteiger partial charge < -0.3 is 19.5 Å². The van der Waals surface area contributed by atoms with E-state index in [9.17, 15) is 4.79 Å². The van der Waals surface area contributed by atoms with Crippen LogP contribution in [0.4, 0.5) is 0 Å². The number of carbonyl (C=O) groups is 1. The molecule has 5 heteroatoms. The smallest absolute Gasteiger partial charge is 0.258 e. The Morgan fingerprint density at radius 2 is 1.62 bits per heavy atom. The number of hydrogen-bond acceptors (Lipinski definition) is 4. The third kappa shape index (κ3) is 5.83. The van der Waals surface area contributed by atoms with Gasteiger partial charge in [0.15, 0.2) is 6.61 Å². The van der Waals surface area contributed by atoms with Crippen LogP contribution in [-0.2, 0) is 4.79 Å². The Labute approximate surface area is 142 Å². The standard InChI is InChI=1S/C19H23NO4/c1-3-22-16-8-10-17(11-9-16)23-13-12-20-19(21)14-24-18-7-5-4-6-15(18)2/h4-11H,3,12-14H2,1-2H3,(H,20,21). The van der Waals surface area contributed by atoms with Crippen LogP contribution in [0.2, 0.25) is 0 Å². The molecule has 24 heavy (non-hydrogen) atoms. The predicted octanol–water partition coefficient (Wildman–Crippen LogP) is 2.97. The van der Waals surface area contributed by atoms with Crippen LogP contribution in [0.3, 0.4) is 0 Å². The lowest BCUT2D eigenvalue weighted by Gasteiger charge is -2.10. The van der Waals surface area contributed by atoms with Gasteiger partial charge in [0, 0.05) is 0 Å². The molecule has 0 aromatic heterocycles. The van der Waals surface area contributed by atoms with Crippen LogP contribution in [-0.4, -0.2) is 32.3 Å². The van der Waals surface area contributed by atoms with E-state index in [1.165, 1.54) is 0 Å². The van der Waals surface area contributed by atoms with Crippen molar-refractivity contribution in [1.29, 1.82) is 0 Å². The van der Waals surface area contributed by atoms with Gasteiger partial charge in [-0.25, -0.2) is 0 Å². The predicted molar refractivity (Wildman–Crippen MR) is 92.8 cm³/mol. The molecule has 0 aliphatic carbocycles. The Kier molecular flexibility index (Phi) is 6.95. The van der Waals surface area contributed by atoms with Gasteiger partial charge in [-0.1, -0.05) is 18.2 Å². The Hall–Kier alpha value is -2.69. The molecule has 0 atom stereocenters. The molecule has 0 spiro atoms. The maximum Gasteiger partial charge on any atom is 0.258 e. The highest BCUT2D eigenvalue weighted by Crippen LogP contribution is 2.17. The molecule has 0 aliphatic heterocycles. The lowest BCUT2D eigenvalue weighted by atomic mass is 10.2. The van der Waals surface area contributed by atoms with E-state index in [1.54, 1.807) is 0 Å². The van der Waals surface area contributed by atoms with Crippen molar-refractivity contribution in [3.63, 3.8) is 0 Å². The molecule has 128 valence electrons. The highest BCUT2D eigenvalue weighted by Gasteiger charge is 2.04. The van der Waals surface area contributed by atoms with Crippen LogP contribution in [0.1, 0.15) is 12.5 Å². The first-order chi connectivity index (χ1) is 11.7. The minimum Gasteiger partial charge on any atom is -0.494 e. The molecule has 5 nitrogen and oxygen atoms in total. The Morgan fingerprint density at radius 1 is 0.958 bits per heavy atom. The van der Waals surface area contributed by atoms with Gasteiger partial charge in [-0.3, -0.25) is 4.79 Å². The molecule has 2 aromatic rings. The average molecular weight is 329 g/mol. The first-order valence-corrected chi connectivity index (χ1v) is 8.00. The molecule has 0 radical (unpaired) electrons. The van der Waals surface area contributed by atoms with Crippen molar-refractivity contribution in [1.82, 2.24) is 5.32 Å². The van der Waals surface area contributed by atoms with E-state index in [-0.39, 0.29) is 12.5 Å². The number of rotatable bonds is 9. The van der Waals surface area contributed by atoms with Crippen molar-refractivity contribution in [2.45, 2.75) is 13.8 Å². The topological polar surface area (TPSA) is 56.8 Å². The first-order valence-electron chi connectivity index (χ1n) is 8.00. The number of aryl methyl sites for hydroxylation is 1. The summed E-state index contributed by atoms with van der Waals surface area (Å²) in [6, 6.07) is 15.0. The van der Waals surface area contributed by atoms with E-state index < -0.39 is 0 Å². The number of benzene rings is 2. The molecule has 1 N–H and O–H groups in total. The zero-order valence-electron chi connectivity index (χ0n) is 14.1. The highest BCUT2D eigenvalue weighted by atomic mass is 16.5. The molecule has 2 aromatic carbocycles. The second-order valence-corrected chi connectivity index (χ2v) is 5.16. The summed E-state index contributed by atoms with van der Waals surface area (Å²) in [7, 11) is 0. The largest absolute Gasteiger partial charge is 0.494 e. The zero-order valence-corrected chi connectivity index (χ0v) is 14.1. The molecular formula is C19H23NO4.